The zero-order valence-corrected chi connectivity index (χ0v) is 10.5. The first-order valence-corrected chi connectivity index (χ1v) is 7.21. The summed E-state index contributed by atoms with van der Waals surface area (Å²) in [6.45, 7) is 0.244. The van der Waals surface area contributed by atoms with Crippen LogP contribution in [-0.2, 0) is 14.6 Å². The van der Waals surface area contributed by atoms with E-state index in [1.807, 2.05) is 0 Å². The molecule has 0 heterocycles. The predicted molar refractivity (Wildman–Crippen MR) is 67.4 cm³/mol. The van der Waals surface area contributed by atoms with Crippen molar-refractivity contribution >= 4 is 21.4 Å². The number of para-hydroxylation sites is 1. The summed E-state index contributed by atoms with van der Waals surface area (Å²) in [7, 11) is -3.49. The summed E-state index contributed by atoms with van der Waals surface area (Å²) in [6, 6.07) is 5.56. The molecule has 0 bridgehead atoms. The number of nitrogens with one attached hydrogen (secondary N) is 1. The van der Waals surface area contributed by atoms with Gasteiger partial charge in [-0.2, -0.15) is 0 Å². The minimum atomic E-state index is -3.49. The normalized spacial score (nSPS) is 11.2. The summed E-state index contributed by atoms with van der Waals surface area (Å²) in [5.74, 6) is -2.17. The number of amides is 1. The first-order valence-electron chi connectivity index (χ1n) is 5.39. The fourth-order valence-electron chi connectivity index (χ4n) is 1.32. The predicted octanol–water partition coefficient (Wildman–Crippen LogP) is 0.528. The molecule has 0 aliphatic carbocycles. The van der Waals surface area contributed by atoms with E-state index in [4.69, 9.17) is 5.73 Å². The highest BCUT2D eigenvalue weighted by Crippen LogP contribution is 2.12. The van der Waals surface area contributed by atoms with Crippen molar-refractivity contribution in [2.75, 3.05) is 23.4 Å². The minimum Gasteiger partial charge on any atom is -0.330 e. The number of hydrogen-bond donors (Lipinski definition) is 2. The molecular weight excluding hydrogens is 259 g/mol. The number of rotatable bonds is 6. The van der Waals surface area contributed by atoms with E-state index in [1.54, 1.807) is 6.07 Å². The van der Waals surface area contributed by atoms with Crippen LogP contribution in [0, 0.1) is 5.82 Å². The summed E-state index contributed by atoms with van der Waals surface area (Å²) in [4.78, 5) is 11.5. The number of hydrogen-bond acceptors (Lipinski definition) is 4. The molecule has 0 radical (unpaired) electrons. The Morgan fingerprint density at radius 3 is 2.61 bits per heavy atom. The van der Waals surface area contributed by atoms with Gasteiger partial charge in [-0.25, -0.2) is 12.8 Å². The molecule has 0 aliphatic rings. The van der Waals surface area contributed by atoms with Gasteiger partial charge in [-0.05, 0) is 25.1 Å². The summed E-state index contributed by atoms with van der Waals surface area (Å²) in [5.41, 5.74) is 5.16. The van der Waals surface area contributed by atoms with Gasteiger partial charge in [-0.15, -0.1) is 0 Å². The van der Waals surface area contributed by atoms with E-state index in [9.17, 15) is 17.6 Å². The van der Waals surface area contributed by atoms with Crippen LogP contribution in [0.3, 0.4) is 0 Å². The molecule has 0 spiro atoms. The van der Waals surface area contributed by atoms with Crippen molar-refractivity contribution in [1.82, 2.24) is 0 Å². The smallest absolute Gasteiger partial charge is 0.239 e. The van der Waals surface area contributed by atoms with E-state index in [-0.39, 0.29) is 18.0 Å². The number of halogens is 1. The topological polar surface area (TPSA) is 89.3 Å². The van der Waals surface area contributed by atoms with Crippen LogP contribution >= 0.6 is 0 Å². The summed E-state index contributed by atoms with van der Waals surface area (Å²) in [6.07, 6.45) is 0.301. The summed E-state index contributed by atoms with van der Waals surface area (Å²) >= 11 is 0. The van der Waals surface area contributed by atoms with Gasteiger partial charge >= 0.3 is 0 Å². The molecule has 0 aromatic heterocycles. The van der Waals surface area contributed by atoms with Crippen LogP contribution in [0.15, 0.2) is 24.3 Å². The lowest BCUT2D eigenvalue weighted by Crippen LogP contribution is -2.25. The molecule has 0 saturated carbocycles. The largest absolute Gasteiger partial charge is 0.330 e. The molecule has 0 unspecified atom stereocenters. The highest BCUT2D eigenvalue weighted by molar-refractivity contribution is 7.92. The molecule has 5 nitrogen and oxygen atoms in total. The maximum absolute atomic E-state index is 13.2. The second kappa shape index (κ2) is 6.46. The van der Waals surface area contributed by atoms with Crippen LogP contribution in [0.1, 0.15) is 6.42 Å². The van der Waals surface area contributed by atoms with E-state index in [2.05, 4.69) is 5.32 Å². The van der Waals surface area contributed by atoms with Gasteiger partial charge in [-0.1, -0.05) is 12.1 Å². The summed E-state index contributed by atoms with van der Waals surface area (Å²) < 4.78 is 36.1. The van der Waals surface area contributed by atoms with Crippen molar-refractivity contribution in [2.24, 2.45) is 5.73 Å². The second-order valence-corrected chi connectivity index (χ2v) is 5.95. The van der Waals surface area contributed by atoms with Crippen LogP contribution < -0.4 is 11.1 Å². The third kappa shape index (κ3) is 4.80. The molecule has 0 fully saturated rings. The van der Waals surface area contributed by atoms with Gasteiger partial charge in [0.15, 0.2) is 9.84 Å². The van der Waals surface area contributed by atoms with Gasteiger partial charge in [-0.3, -0.25) is 4.79 Å². The molecular formula is C11H15FN2O3S. The molecule has 0 atom stereocenters. The Labute approximate surface area is 105 Å². The van der Waals surface area contributed by atoms with Crippen molar-refractivity contribution in [2.45, 2.75) is 6.42 Å². The molecule has 7 heteroatoms. The lowest BCUT2D eigenvalue weighted by atomic mass is 10.3. The maximum atomic E-state index is 13.2. The third-order valence-electron chi connectivity index (χ3n) is 2.16. The molecule has 100 valence electrons. The summed E-state index contributed by atoms with van der Waals surface area (Å²) in [5, 5.41) is 2.22. The number of carbonyl (C=O) groups excluding carboxylic acids is 1. The Bertz CT molecular complexity index is 517. The first kappa shape index (κ1) is 14.6. The van der Waals surface area contributed by atoms with Gasteiger partial charge in [0.1, 0.15) is 11.6 Å². The number of benzene rings is 1. The van der Waals surface area contributed by atoms with Crippen LogP contribution in [0.25, 0.3) is 0 Å². The number of anilines is 1. The van der Waals surface area contributed by atoms with Crippen molar-refractivity contribution in [1.29, 1.82) is 0 Å². The molecule has 18 heavy (non-hydrogen) atoms. The highest BCUT2D eigenvalue weighted by atomic mass is 32.2. The molecule has 0 aliphatic heterocycles. The van der Waals surface area contributed by atoms with Gasteiger partial charge in [0, 0.05) is 0 Å². The van der Waals surface area contributed by atoms with E-state index in [0.29, 0.717) is 6.42 Å². The van der Waals surface area contributed by atoms with Crippen molar-refractivity contribution in [3.05, 3.63) is 30.1 Å². The molecule has 0 saturated heterocycles. The standard InChI is InChI=1S/C11H15FN2O3S/c12-9-4-1-2-5-10(9)14-11(15)8-18(16,17)7-3-6-13/h1-2,4-5H,3,6-8,13H2,(H,14,15). The second-order valence-electron chi connectivity index (χ2n) is 3.76. The maximum Gasteiger partial charge on any atom is 0.239 e. The zero-order valence-electron chi connectivity index (χ0n) is 9.73. The van der Waals surface area contributed by atoms with E-state index in [1.165, 1.54) is 18.2 Å². The first-order chi connectivity index (χ1) is 8.44. The van der Waals surface area contributed by atoms with E-state index < -0.39 is 27.3 Å². The van der Waals surface area contributed by atoms with Crippen molar-refractivity contribution in [3.63, 3.8) is 0 Å². The van der Waals surface area contributed by atoms with E-state index >= 15 is 0 Å². The highest BCUT2D eigenvalue weighted by Gasteiger charge is 2.16. The van der Waals surface area contributed by atoms with Crippen LogP contribution in [0.5, 0.6) is 0 Å². The number of nitrogens with two attached hydrogens (primary N) is 1. The van der Waals surface area contributed by atoms with Crippen molar-refractivity contribution < 1.29 is 17.6 Å². The monoisotopic (exact) mass is 274 g/mol. The SMILES string of the molecule is NCCCS(=O)(=O)CC(=O)Nc1ccccc1F. The molecule has 1 rings (SSSR count). The molecule has 3 N–H and O–H groups in total. The van der Waals surface area contributed by atoms with Crippen LogP contribution in [0.2, 0.25) is 0 Å². The third-order valence-corrected chi connectivity index (χ3v) is 3.77. The number of sulfone groups is 1. The Morgan fingerprint density at radius 1 is 1.33 bits per heavy atom. The molecule has 1 amide bonds. The Kier molecular flexibility index (Phi) is 5.24. The fourth-order valence-corrected chi connectivity index (χ4v) is 2.55. The van der Waals surface area contributed by atoms with Gasteiger partial charge < -0.3 is 11.1 Å². The average molecular weight is 274 g/mol. The van der Waals surface area contributed by atoms with E-state index in [0.717, 1.165) is 0 Å². The number of carbonyl (C=O) groups is 1. The van der Waals surface area contributed by atoms with Gasteiger partial charge in [0.25, 0.3) is 0 Å². The van der Waals surface area contributed by atoms with Gasteiger partial charge in [0.2, 0.25) is 5.91 Å². The quantitative estimate of drug-likeness (QED) is 0.791. The Morgan fingerprint density at radius 2 is 2.00 bits per heavy atom. The lowest BCUT2D eigenvalue weighted by molar-refractivity contribution is -0.113. The van der Waals surface area contributed by atoms with Crippen LogP contribution in [-0.4, -0.2) is 32.4 Å². The fraction of sp³-hybridized carbons (Fsp3) is 0.364. The zero-order chi connectivity index (χ0) is 13.6. The van der Waals surface area contributed by atoms with Gasteiger partial charge in [0.05, 0.1) is 11.4 Å². The lowest BCUT2D eigenvalue weighted by Gasteiger charge is -2.06. The molecule has 1 aromatic rings. The minimum absolute atomic E-state index is 0.0310. The molecule has 1 aromatic carbocycles. The van der Waals surface area contributed by atoms with Crippen LogP contribution in [0.4, 0.5) is 10.1 Å². The Hall–Kier alpha value is -1.47. The Balaban J connectivity index is 2.60. The average Bonchev–Trinajstić information content (AvgIpc) is 2.29. The van der Waals surface area contributed by atoms with Crippen molar-refractivity contribution in [3.8, 4) is 0 Å².